The predicted octanol–water partition coefficient (Wildman–Crippen LogP) is 3.84. The van der Waals surface area contributed by atoms with Crippen molar-refractivity contribution >= 4 is 22.4 Å². The van der Waals surface area contributed by atoms with Crippen LogP contribution in [0.15, 0.2) is 48.7 Å². The van der Waals surface area contributed by atoms with Crippen LogP contribution in [0.2, 0.25) is 0 Å². The molecule has 2 N–H and O–H groups in total. The molecule has 1 atom stereocenters. The number of halogens is 1. The van der Waals surface area contributed by atoms with Crippen molar-refractivity contribution in [2.45, 2.75) is 19.6 Å². The third kappa shape index (κ3) is 4.75. The summed E-state index contributed by atoms with van der Waals surface area (Å²) in [5.74, 6) is -0.214. The highest BCUT2D eigenvalue weighted by Crippen LogP contribution is 2.33. The Morgan fingerprint density at radius 1 is 1.06 bits per heavy atom. The van der Waals surface area contributed by atoms with Crippen LogP contribution in [0.4, 0.5) is 15.8 Å². The summed E-state index contributed by atoms with van der Waals surface area (Å²) in [7, 11) is 3.60. The standard InChI is InChI=1S/C26H30FN7O/c1-17-15-18(5-6-19(17)27)34-14-13-28-10-4-11-30-26(35-3)24-16-22(32-33(24)2)20-7-8-21-25(31-20)23(34)9-12-29-21/h5-9,12,15-16,26,28,30H,4,10-11,13-14H2,1-3H3. The molecule has 3 aromatic heterocycles. The van der Waals surface area contributed by atoms with E-state index in [1.807, 2.05) is 48.1 Å². The predicted molar refractivity (Wildman–Crippen MR) is 135 cm³/mol. The fraction of sp³-hybridized carbons (Fsp3) is 0.346. The number of nitrogens with one attached hydrogen (secondary N) is 2. The van der Waals surface area contributed by atoms with Gasteiger partial charge in [-0.05, 0) is 74.5 Å². The summed E-state index contributed by atoms with van der Waals surface area (Å²) >= 11 is 0. The number of anilines is 2. The maximum atomic E-state index is 14.1. The molecule has 0 radical (unpaired) electrons. The van der Waals surface area contributed by atoms with E-state index in [0.717, 1.165) is 65.5 Å². The zero-order valence-electron chi connectivity index (χ0n) is 20.3. The first-order valence-electron chi connectivity index (χ1n) is 11.9. The molecule has 1 aliphatic heterocycles. The normalized spacial score (nSPS) is 17.3. The number of methoxy groups -OCH3 is 1. The Bertz CT molecular complexity index is 1340. The summed E-state index contributed by atoms with van der Waals surface area (Å²) in [6.07, 6.45) is 2.48. The summed E-state index contributed by atoms with van der Waals surface area (Å²) in [6, 6.07) is 13.1. The second-order valence-corrected chi connectivity index (χ2v) is 8.73. The number of ether oxygens (including phenoxy) is 1. The largest absolute Gasteiger partial charge is 0.361 e. The highest BCUT2D eigenvalue weighted by atomic mass is 19.1. The van der Waals surface area contributed by atoms with Gasteiger partial charge >= 0.3 is 0 Å². The topological polar surface area (TPSA) is 80.1 Å². The smallest absolute Gasteiger partial charge is 0.150 e. The molecule has 8 nitrogen and oxygen atoms in total. The molecule has 4 aromatic rings. The van der Waals surface area contributed by atoms with Crippen molar-refractivity contribution in [1.29, 1.82) is 0 Å². The zero-order valence-corrected chi connectivity index (χ0v) is 20.3. The van der Waals surface area contributed by atoms with E-state index in [0.29, 0.717) is 12.1 Å². The van der Waals surface area contributed by atoms with Crippen molar-refractivity contribution in [3.05, 3.63) is 65.7 Å². The first kappa shape index (κ1) is 23.3. The van der Waals surface area contributed by atoms with Crippen molar-refractivity contribution in [3.8, 4) is 11.4 Å². The quantitative estimate of drug-likeness (QED) is 0.456. The van der Waals surface area contributed by atoms with Crippen molar-refractivity contribution < 1.29 is 9.13 Å². The van der Waals surface area contributed by atoms with Gasteiger partial charge in [-0.3, -0.25) is 15.0 Å². The van der Waals surface area contributed by atoms with Gasteiger partial charge < -0.3 is 15.0 Å². The number of hydrogen-bond acceptors (Lipinski definition) is 7. The molecule has 4 heterocycles. The van der Waals surface area contributed by atoms with Crippen LogP contribution in [0.3, 0.4) is 0 Å². The summed E-state index contributed by atoms with van der Waals surface area (Å²) in [4.78, 5) is 11.7. The van der Waals surface area contributed by atoms with Gasteiger partial charge in [-0.15, -0.1) is 0 Å². The van der Waals surface area contributed by atoms with Gasteiger partial charge in [-0.2, -0.15) is 5.10 Å². The van der Waals surface area contributed by atoms with Gasteiger partial charge in [0.15, 0.2) is 6.23 Å². The molecule has 182 valence electrons. The Balaban J connectivity index is 1.66. The van der Waals surface area contributed by atoms with E-state index < -0.39 is 0 Å². The SMILES string of the molecule is COC1NCCCNCCN(c2ccc(F)c(C)c2)c2ccnc3ccc(nc23)-c2cc1n(C)n2. The summed E-state index contributed by atoms with van der Waals surface area (Å²) in [5, 5.41) is 11.7. The van der Waals surface area contributed by atoms with Gasteiger partial charge in [0.05, 0.1) is 22.6 Å². The molecule has 0 saturated heterocycles. The second kappa shape index (κ2) is 10.1. The van der Waals surface area contributed by atoms with Gasteiger partial charge in [-0.1, -0.05) is 0 Å². The maximum Gasteiger partial charge on any atom is 0.150 e. The van der Waals surface area contributed by atoms with Crippen molar-refractivity contribution in [2.75, 3.05) is 38.2 Å². The Morgan fingerprint density at radius 2 is 1.94 bits per heavy atom. The van der Waals surface area contributed by atoms with Crippen molar-refractivity contribution in [2.24, 2.45) is 7.05 Å². The van der Waals surface area contributed by atoms with Crippen LogP contribution >= 0.6 is 0 Å². The molecule has 9 heteroatoms. The van der Waals surface area contributed by atoms with E-state index in [4.69, 9.17) is 14.8 Å². The van der Waals surface area contributed by atoms with Crippen LogP contribution in [0.5, 0.6) is 0 Å². The Morgan fingerprint density at radius 3 is 2.77 bits per heavy atom. The fourth-order valence-electron chi connectivity index (χ4n) is 4.48. The average Bonchev–Trinajstić information content (AvgIpc) is 3.25. The minimum absolute atomic E-state index is 0.214. The number of fused-ring (bicyclic) bond motifs is 4. The Labute approximate surface area is 204 Å². The molecule has 0 fully saturated rings. The van der Waals surface area contributed by atoms with Crippen LogP contribution in [0, 0.1) is 12.7 Å². The summed E-state index contributed by atoms with van der Waals surface area (Å²) in [5.41, 5.74) is 6.45. The van der Waals surface area contributed by atoms with Gasteiger partial charge in [-0.25, -0.2) is 9.37 Å². The maximum absolute atomic E-state index is 14.1. The van der Waals surface area contributed by atoms with E-state index in [1.54, 1.807) is 20.2 Å². The summed E-state index contributed by atoms with van der Waals surface area (Å²) < 4.78 is 21.6. The number of pyridine rings is 2. The van der Waals surface area contributed by atoms with E-state index in [-0.39, 0.29) is 12.0 Å². The van der Waals surface area contributed by atoms with Crippen molar-refractivity contribution in [3.63, 3.8) is 0 Å². The number of nitrogens with zero attached hydrogens (tertiary/aromatic N) is 5. The van der Waals surface area contributed by atoms with E-state index in [1.165, 1.54) is 6.07 Å². The molecule has 35 heavy (non-hydrogen) atoms. The lowest BCUT2D eigenvalue weighted by Gasteiger charge is -2.26. The zero-order chi connectivity index (χ0) is 24.4. The number of hydrogen-bond donors (Lipinski definition) is 2. The summed E-state index contributed by atoms with van der Waals surface area (Å²) in [6.45, 7) is 4.89. The van der Waals surface area contributed by atoms with Crippen LogP contribution in [-0.2, 0) is 11.8 Å². The minimum atomic E-state index is -0.260. The van der Waals surface area contributed by atoms with Gasteiger partial charge in [0.25, 0.3) is 0 Å². The van der Waals surface area contributed by atoms with Gasteiger partial charge in [0.2, 0.25) is 0 Å². The Kier molecular flexibility index (Phi) is 6.72. The fourth-order valence-corrected chi connectivity index (χ4v) is 4.48. The van der Waals surface area contributed by atoms with Crippen LogP contribution in [0.25, 0.3) is 22.4 Å². The van der Waals surface area contributed by atoms with Crippen molar-refractivity contribution in [1.82, 2.24) is 30.4 Å². The molecule has 0 aliphatic carbocycles. The molecule has 0 saturated carbocycles. The second-order valence-electron chi connectivity index (χ2n) is 8.73. The molecule has 0 amide bonds. The molecule has 1 unspecified atom stereocenters. The molecule has 4 bridgehead atoms. The van der Waals surface area contributed by atoms with Gasteiger partial charge in [0.1, 0.15) is 17.0 Å². The van der Waals surface area contributed by atoms with Crippen LogP contribution in [-0.4, -0.2) is 53.0 Å². The third-order valence-corrected chi connectivity index (χ3v) is 6.36. The lowest BCUT2D eigenvalue weighted by Crippen LogP contribution is -2.32. The number of rotatable bonds is 2. The first-order chi connectivity index (χ1) is 17.0. The van der Waals surface area contributed by atoms with E-state index >= 15 is 0 Å². The molecule has 1 aliphatic rings. The van der Waals surface area contributed by atoms with Gasteiger partial charge in [0, 0.05) is 39.1 Å². The lowest BCUT2D eigenvalue weighted by atomic mass is 10.1. The average molecular weight is 476 g/mol. The first-order valence-corrected chi connectivity index (χ1v) is 11.9. The molecule has 1 aromatic carbocycles. The Hall–Kier alpha value is -3.40. The molecule has 5 rings (SSSR count). The van der Waals surface area contributed by atoms with E-state index in [2.05, 4.69) is 20.5 Å². The molecular formula is C26H30FN7O. The number of aryl methyl sites for hydroxylation is 2. The minimum Gasteiger partial charge on any atom is -0.361 e. The van der Waals surface area contributed by atoms with Crippen LogP contribution < -0.4 is 15.5 Å². The highest BCUT2D eigenvalue weighted by Gasteiger charge is 2.20. The number of benzene rings is 1. The van der Waals surface area contributed by atoms with E-state index in [9.17, 15) is 4.39 Å². The number of aromatic nitrogens is 4. The highest BCUT2D eigenvalue weighted by molar-refractivity contribution is 5.91. The monoisotopic (exact) mass is 475 g/mol. The van der Waals surface area contributed by atoms with Crippen LogP contribution in [0.1, 0.15) is 23.9 Å². The molecule has 0 spiro atoms. The molecular weight excluding hydrogens is 445 g/mol. The third-order valence-electron chi connectivity index (χ3n) is 6.36. The lowest BCUT2D eigenvalue weighted by molar-refractivity contribution is 0.0671.